The van der Waals surface area contributed by atoms with Gasteiger partial charge in [0.15, 0.2) is 5.82 Å². The number of carbonyl (C=O) groups excluding carboxylic acids is 2. The molecule has 9 heteroatoms. The van der Waals surface area contributed by atoms with Crippen LogP contribution < -0.4 is 15.5 Å². The molecule has 3 heterocycles. The molecule has 2 saturated heterocycles. The predicted octanol–water partition coefficient (Wildman–Crippen LogP) is 2.02. The average Bonchev–Trinajstić information content (AvgIpc) is 2.92. The number of aryl methyl sites for hydroxylation is 1. The Morgan fingerprint density at radius 2 is 2.00 bits per heavy atom. The number of nitrogens with one attached hydrogen (secondary N) is 2. The summed E-state index contributed by atoms with van der Waals surface area (Å²) in [6.45, 7) is 0.980. The summed E-state index contributed by atoms with van der Waals surface area (Å²) in [6.07, 6.45) is 0.962. The van der Waals surface area contributed by atoms with Crippen LogP contribution in [0, 0.1) is 0 Å². The summed E-state index contributed by atoms with van der Waals surface area (Å²) >= 11 is 0. The lowest BCUT2D eigenvalue weighted by Gasteiger charge is -2.24. The standard InChI is InChI=1S/C12H12N4O2.C5H9F2N/c1-15-9-5-3-2-4-8(9)11(14-15)16-7-6-10(17)13-12(16)18;6-5(7)2-1-3-8-4-5/h2-5H,6-7H2,1H3,(H,13,17,18);8H,1-4H2. The van der Waals surface area contributed by atoms with Crippen LogP contribution >= 0.6 is 0 Å². The number of nitrogens with zero attached hydrogens (tertiary/aromatic N) is 3. The molecule has 2 aromatic rings. The van der Waals surface area contributed by atoms with Crippen molar-refractivity contribution in [2.75, 3.05) is 24.5 Å². The second kappa shape index (κ2) is 7.36. The van der Waals surface area contributed by atoms with E-state index in [2.05, 4.69) is 15.7 Å². The summed E-state index contributed by atoms with van der Waals surface area (Å²) in [6, 6.07) is 7.28. The summed E-state index contributed by atoms with van der Waals surface area (Å²) in [5.74, 6) is -2.08. The number of aromatic nitrogens is 2. The highest BCUT2D eigenvalue weighted by Crippen LogP contribution is 2.26. The molecule has 0 radical (unpaired) electrons. The molecule has 1 aromatic carbocycles. The molecule has 0 unspecified atom stereocenters. The molecule has 7 nitrogen and oxygen atoms in total. The summed E-state index contributed by atoms with van der Waals surface area (Å²) in [7, 11) is 1.83. The van der Waals surface area contributed by atoms with Gasteiger partial charge in [-0.1, -0.05) is 12.1 Å². The summed E-state index contributed by atoms with van der Waals surface area (Å²) in [5.41, 5.74) is 0.956. The zero-order valence-electron chi connectivity index (χ0n) is 14.5. The summed E-state index contributed by atoms with van der Waals surface area (Å²) in [5, 5.41) is 10.2. The number of carbonyl (C=O) groups is 2. The topological polar surface area (TPSA) is 79.3 Å². The third-order valence-corrected chi connectivity index (χ3v) is 4.33. The molecule has 2 N–H and O–H groups in total. The molecule has 3 amide bonds. The average molecular weight is 365 g/mol. The normalized spacial score (nSPS) is 19.7. The SMILES string of the molecule is Cn1nc(N2CCC(=O)NC2=O)c2ccccc21.FC1(F)CCCNC1. The third kappa shape index (κ3) is 3.98. The van der Waals surface area contributed by atoms with Gasteiger partial charge in [0.2, 0.25) is 5.91 Å². The Morgan fingerprint density at radius 3 is 2.62 bits per heavy atom. The fourth-order valence-corrected chi connectivity index (χ4v) is 2.99. The molecule has 0 aliphatic carbocycles. The first-order valence-corrected chi connectivity index (χ1v) is 8.49. The maximum atomic E-state index is 12.1. The number of alkyl halides is 2. The van der Waals surface area contributed by atoms with Crippen molar-refractivity contribution in [3.63, 3.8) is 0 Å². The molecule has 1 aromatic heterocycles. The van der Waals surface area contributed by atoms with E-state index in [0.717, 1.165) is 17.4 Å². The molecular formula is C17H21F2N5O2. The van der Waals surface area contributed by atoms with Gasteiger partial charge in [-0.3, -0.25) is 19.7 Å². The zero-order chi connectivity index (χ0) is 18.7. The monoisotopic (exact) mass is 365 g/mol. The number of anilines is 1. The van der Waals surface area contributed by atoms with Gasteiger partial charge in [0, 0.05) is 31.8 Å². The van der Waals surface area contributed by atoms with E-state index in [4.69, 9.17) is 0 Å². The van der Waals surface area contributed by atoms with Crippen LogP contribution in [0.5, 0.6) is 0 Å². The quantitative estimate of drug-likeness (QED) is 0.810. The molecule has 4 rings (SSSR count). The molecule has 0 spiro atoms. The number of halogens is 2. The molecule has 140 valence electrons. The summed E-state index contributed by atoms with van der Waals surface area (Å²) in [4.78, 5) is 24.4. The van der Waals surface area contributed by atoms with E-state index < -0.39 is 12.0 Å². The van der Waals surface area contributed by atoms with Crippen molar-refractivity contribution in [1.29, 1.82) is 0 Å². The lowest BCUT2D eigenvalue weighted by atomic mass is 10.1. The number of benzene rings is 1. The van der Waals surface area contributed by atoms with Gasteiger partial charge in [-0.05, 0) is 25.1 Å². The van der Waals surface area contributed by atoms with Gasteiger partial charge in [0.05, 0.1) is 12.1 Å². The number of imide groups is 1. The van der Waals surface area contributed by atoms with E-state index in [1.165, 1.54) is 4.90 Å². The molecule has 26 heavy (non-hydrogen) atoms. The van der Waals surface area contributed by atoms with Crippen LogP contribution in [0.3, 0.4) is 0 Å². The minimum atomic E-state index is -2.43. The van der Waals surface area contributed by atoms with Crippen LogP contribution in [0.25, 0.3) is 10.9 Å². The molecule has 2 aliphatic heterocycles. The van der Waals surface area contributed by atoms with E-state index >= 15 is 0 Å². The van der Waals surface area contributed by atoms with Crippen molar-refractivity contribution in [2.24, 2.45) is 7.05 Å². The van der Waals surface area contributed by atoms with Gasteiger partial charge < -0.3 is 5.32 Å². The number of fused-ring (bicyclic) bond motifs is 1. The van der Waals surface area contributed by atoms with Crippen LogP contribution in [-0.4, -0.2) is 47.3 Å². The van der Waals surface area contributed by atoms with Crippen LogP contribution in [0.4, 0.5) is 19.4 Å². The minimum absolute atomic E-state index is 0.0556. The van der Waals surface area contributed by atoms with E-state index in [1.54, 1.807) is 4.68 Å². The van der Waals surface area contributed by atoms with Crippen LogP contribution in [0.15, 0.2) is 24.3 Å². The third-order valence-electron chi connectivity index (χ3n) is 4.33. The van der Waals surface area contributed by atoms with E-state index in [-0.39, 0.29) is 18.9 Å². The lowest BCUT2D eigenvalue weighted by molar-refractivity contribution is -0.120. The van der Waals surface area contributed by atoms with Gasteiger partial charge in [-0.25, -0.2) is 13.6 Å². The smallest absolute Gasteiger partial charge is 0.311 e. The molecule has 2 aliphatic rings. The number of amides is 3. The number of urea groups is 1. The largest absolute Gasteiger partial charge is 0.329 e. The maximum absolute atomic E-state index is 12.1. The first-order valence-electron chi connectivity index (χ1n) is 8.49. The number of rotatable bonds is 1. The first-order chi connectivity index (χ1) is 12.4. The van der Waals surface area contributed by atoms with Gasteiger partial charge in [-0.2, -0.15) is 5.10 Å². The van der Waals surface area contributed by atoms with Gasteiger partial charge in [0.25, 0.3) is 5.92 Å². The second-order valence-electron chi connectivity index (χ2n) is 6.36. The molecule has 0 atom stereocenters. The van der Waals surface area contributed by atoms with Crippen molar-refractivity contribution >= 4 is 28.7 Å². The van der Waals surface area contributed by atoms with E-state index in [0.29, 0.717) is 25.2 Å². The number of hydrogen-bond acceptors (Lipinski definition) is 4. The highest BCUT2D eigenvalue weighted by Gasteiger charge is 2.30. The molecule has 0 bridgehead atoms. The first kappa shape index (κ1) is 18.2. The molecule has 2 fully saturated rings. The Balaban J connectivity index is 0.000000206. The van der Waals surface area contributed by atoms with Gasteiger partial charge >= 0.3 is 6.03 Å². The Hall–Kier alpha value is -2.55. The lowest BCUT2D eigenvalue weighted by Crippen LogP contribution is -2.49. The number of piperidine rings is 1. The highest BCUT2D eigenvalue weighted by atomic mass is 19.3. The predicted molar refractivity (Wildman–Crippen MR) is 93.3 cm³/mol. The van der Waals surface area contributed by atoms with Crippen molar-refractivity contribution in [3.8, 4) is 0 Å². The van der Waals surface area contributed by atoms with Gasteiger partial charge in [0.1, 0.15) is 0 Å². The van der Waals surface area contributed by atoms with Gasteiger partial charge in [-0.15, -0.1) is 0 Å². The molecular weight excluding hydrogens is 344 g/mol. The minimum Gasteiger partial charge on any atom is -0.311 e. The zero-order valence-corrected chi connectivity index (χ0v) is 14.5. The highest BCUT2D eigenvalue weighted by molar-refractivity contribution is 6.08. The van der Waals surface area contributed by atoms with Crippen molar-refractivity contribution in [1.82, 2.24) is 20.4 Å². The Labute approximate surface area is 149 Å². The number of para-hydroxylation sites is 1. The van der Waals surface area contributed by atoms with Crippen molar-refractivity contribution < 1.29 is 18.4 Å². The van der Waals surface area contributed by atoms with Crippen molar-refractivity contribution in [3.05, 3.63) is 24.3 Å². The fourth-order valence-electron chi connectivity index (χ4n) is 2.99. The Kier molecular flexibility index (Phi) is 5.17. The van der Waals surface area contributed by atoms with Crippen LogP contribution in [-0.2, 0) is 11.8 Å². The Morgan fingerprint density at radius 1 is 1.23 bits per heavy atom. The fraction of sp³-hybridized carbons (Fsp3) is 0.471. The van der Waals surface area contributed by atoms with Crippen LogP contribution in [0.2, 0.25) is 0 Å². The summed E-state index contributed by atoms with van der Waals surface area (Å²) < 4.78 is 26.0. The Bertz CT molecular complexity index is 813. The molecule has 0 saturated carbocycles. The maximum Gasteiger partial charge on any atom is 0.329 e. The van der Waals surface area contributed by atoms with E-state index in [9.17, 15) is 18.4 Å². The van der Waals surface area contributed by atoms with Crippen LogP contribution in [0.1, 0.15) is 19.3 Å². The van der Waals surface area contributed by atoms with E-state index in [1.807, 2.05) is 31.3 Å². The van der Waals surface area contributed by atoms with Crippen molar-refractivity contribution in [2.45, 2.75) is 25.2 Å². The number of hydrogen-bond donors (Lipinski definition) is 2. The second-order valence-corrected chi connectivity index (χ2v) is 6.36.